The van der Waals surface area contributed by atoms with Crippen molar-refractivity contribution in [2.75, 3.05) is 5.32 Å². The first-order chi connectivity index (χ1) is 8.54. The highest BCUT2D eigenvalue weighted by atomic mass is 79.9. The Kier molecular flexibility index (Phi) is 4.31. The van der Waals surface area contributed by atoms with Crippen LogP contribution in [-0.2, 0) is 6.54 Å². The van der Waals surface area contributed by atoms with Crippen LogP contribution in [0, 0.1) is 13.8 Å². The Morgan fingerprint density at radius 3 is 2.39 bits per heavy atom. The summed E-state index contributed by atoms with van der Waals surface area (Å²) in [5.41, 5.74) is 4.87. The number of benzene rings is 2. The fourth-order valence-electron chi connectivity index (χ4n) is 2.00. The second kappa shape index (κ2) is 5.77. The van der Waals surface area contributed by atoms with Crippen molar-refractivity contribution in [3.05, 3.63) is 62.6 Å². The molecule has 0 saturated carbocycles. The van der Waals surface area contributed by atoms with Crippen LogP contribution in [0.3, 0.4) is 0 Å². The van der Waals surface area contributed by atoms with Crippen LogP contribution in [0.25, 0.3) is 0 Å². The highest BCUT2D eigenvalue weighted by Gasteiger charge is 2.01. The van der Waals surface area contributed by atoms with E-state index in [-0.39, 0.29) is 0 Å². The molecule has 0 heterocycles. The number of rotatable bonds is 3. The lowest BCUT2D eigenvalue weighted by Gasteiger charge is -2.10. The Balaban J connectivity index is 2.13. The lowest BCUT2D eigenvalue weighted by molar-refractivity contribution is 1.13. The molecule has 0 radical (unpaired) electrons. The van der Waals surface area contributed by atoms with Gasteiger partial charge in [-0.3, -0.25) is 0 Å². The molecule has 0 aliphatic rings. The molecule has 3 heteroatoms. The number of aryl methyl sites for hydroxylation is 2. The molecule has 0 amide bonds. The predicted octanol–water partition coefficient (Wildman–Crippen LogP) is 5.33. The van der Waals surface area contributed by atoms with Crippen LogP contribution < -0.4 is 5.32 Å². The van der Waals surface area contributed by atoms with Gasteiger partial charge in [0.2, 0.25) is 0 Å². The molecule has 0 spiro atoms. The van der Waals surface area contributed by atoms with Crippen molar-refractivity contribution in [1.29, 1.82) is 0 Å². The topological polar surface area (TPSA) is 12.0 Å². The summed E-state index contributed by atoms with van der Waals surface area (Å²) in [6, 6.07) is 12.3. The van der Waals surface area contributed by atoms with E-state index in [1.54, 1.807) is 0 Å². The summed E-state index contributed by atoms with van der Waals surface area (Å²) in [5, 5.41) is 4.13. The van der Waals surface area contributed by atoms with Gasteiger partial charge in [-0.1, -0.05) is 40.9 Å². The van der Waals surface area contributed by atoms with Gasteiger partial charge in [0.25, 0.3) is 0 Å². The van der Waals surface area contributed by atoms with E-state index in [0.717, 1.165) is 21.7 Å². The zero-order valence-electron chi connectivity index (χ0n) is 10.4. The van der Waals surface area contributed by atoms with Gasteiger partial charge in [-0.25, -0.2) is 0 Å². The molecule has 1 nitrogen and oxygen atoms in total. The number of halogens is 2. The molecule has 0 aliphatic carbocycles. The zero-order valence-corrected chi connectivity index (χ0v) is 12.8. The molecule has 0 aliphatic heterocycles. The number of anilines is 1. The maximum Gasteiger partial charge on any atom is 0.0502 e. The van der Waals surface area contributed by atoms with Crippen LogP contribution in [0.2, 0.25) is 5.02 Å². The molecule has 2 aromatic rings. The summed E-state index contributed by atoms with van der Waals surface area (Å²) in [4.78, 5) is 0. The van der Waals surface area contributed by atoms with Crippen LogP contribution in [0.15, 0.2) is 40.9 Å². The van der Waals surface area contributed by atoms with Gasteiger partial charge in [-0.2, -0.15) is 0 Å². The smallest absolute Gasteiger partial charge is 0.0502 e. The Morgan fingerprint density at radius 1 is 1.06 bits per heavy atom. The normalized spacial score (nSPS) is 10.4. The quantitative estimate of drug-likeness (QED) is 0.804. The van der Waals surface area contributed by atoms with Gasteiger partial charge < -0.3 is 5.32 Å². The van der Waals surface area contributed by atoms with Crippen molar-refractivity contribution in [1.82, 2.24) is 0 Å². The monoisotopic (exact) mass is 323 g/mol. The van der Waals surface area contributed by atoms with E-state index >= 15 is 0 Å². The average Bonchev–Trinajstić information content (AvgIpc) is 2.29. The van der Waals surface area contributed by atoms with Crippen molar-refractivity contribution >= 4 is 33.2 Å². The summed E-state index contributed by atoms with van der Waals surface area (Å²) in [6.45, 7) is 5.03. The maximum atomic E-state index is 5.99. The van der Waals surface area contributed by atoms with Crippen LogP contribution >= 0.6 is 27.5 Å². The van der Waals surface area contributed by atoms with Gasteiger partial charge in [0.05, 0.1) is 5.69 Å². The Morgan fingerprint density at radius 2 is 1.72 bits per heavy atom. The van der Waals surface area contributed by atoms with E-state index in [1.165, 1.54) is 16.7 Å². The number of hydrogen-bond acceptors (Lipinski definition) is 1. The molecule has 0 fully saturated rings. The van der Waals surface area contributed by atoms with Crippen LogP contribution in [0.1, 0.15) is 16.7 Å². The molecule has 18 heavy (non-hydrogen) atoms. The third-order valence-corrected chi connectivity index (χ3v) is 3.62. The van der Waals surface area contributed by atoms with Gasteiger partial charge in [-0.15, -0.1) is 0 Å². The highest BCUT2D eigenvalue weighted by molar-refractivity contribution is 9.10. The third kappa shape index (κ3) is 3.50. The fraction of sp³-hybridized carbons (Fsp3) is 0.200. The van der Waals surface area contributed by atoms with Crippen LogP contribution in [-0.4, -0.2) is 0 Å². The maximum absolute atomic E-state index is 5.99. The average molecular weight is 325 g/mol. The molecule has 0 atom stereocenters. The molecule has 1 N–H and O–H groups in total. The lowest BCUT2D eigenvalue weighted by atomic mass is 10.1. The second-order valence-electron chi connectivity index (χ2n) is 4.47. The summed E-state index contributed by atoms with van der Waals surface area (Å²) in [5.74, 6) is 0. The van der Waals surface area contributed by atoms with Gasteiger partial charge in [0.1, 0.15) is 0 Å². The molecule has 2 aromatic carbocycles. The van der Waals surface area contributed by atoms with Crippen molar-refractivity contribution in [2.45, 2.75) is 20.4 Å². The number of hydrogen-bond donors (Lipinski definition) is 1. The molecular weight excluding hydrogens is 310 g/mol. The minimum absolute atomic E-state index is 0.737. The van der Waals surface area contributed by atoms with Crippen molar-refractivity contribution in [3.8, 4) is 0 Å². The van der Waals surface area contributed by atoms with E-state index in [2.05, 4.69) is 53.3 Å². The number of nitrogens with one attached hydrogen (secondary N) is 1. The molecule has 0 aromatic heterocycles. The lowest BCUT2D eigenvalue weighted by Crippen LogP contribution is -2.00. The zero-order chi connectivity index (χ0) is 13.1. The fourth-order valence-corrected chi connectivity index (χ4v) is 2.56. The summed E-state index contributed by atoms with van der Waals surface area (Å²) in [6.07, 6.45) is 0. The standard InChI is InChI=1S/C15H15BrClN/c1-10-5-11(2)7-12(6-10)9-18-15-8-13(17)3-4-14(15)16/h3-8,18H,9H2,1-2H3. The largest absolute Gasteiger partial charge is 0.380 e. The molecule has 2 rings (SSSR count). The molecule has 0 unspecified atom stereocenters. The first-order valence-corrected chi connectivity index (χ1v) is 6.98. The Labute approximate surface area is 121 Å². The van der Waals surface area contributed by atoms with Crippen LogP contribution in [0.4, 0.5) is 5.69 Å². The predicted molar refractivity (Wildman–Crippen MR) is 82.4 cm³/mol. The molecule has 94 valence electrons. The van der Waals surface area contributed by atoms with E-state index in [9.17, 15) is 0 Å². The molecule has 0 saturated heterocycles. The summed E-state index contributed by atoms with van der Waals surface area (Å²) >= 11 is 9.50. The van der Waals surface area contributed by atoms with E-state index < -0.39 is 0 Å². The van der Waals surface area contributed by atoms with E-state index in [4.69, 9.17) is 11.6 Å². The van der Waals surface area contributed by atoms with E-state index in [0.29, 0.717) is 0 Å². The van der Waals surface area contributed by atoms with Gasteiger partial charge >= 0.3 is 0 Å². The van der Waals surface area contributed by atoms with Crippen LogP contribution in [0.5, 0.6) is 0 Å². The van der Waals surface area contributed by atoms with Crippen molar-refractivity contribution < 1.29 is 0 Å². The van der Waals surface area contributed by atoms with Crippen molar-refractivity contribution in [3.63, 3.8) is 0 Å². The van der Waals surface area contributed by atoms with Crippen molar-refractivity contribution in [2.24, 2.45) is 0 Å². The highest BCUT2D eigenvalue weighted by Crippen LogP contribution is 2.26. The Bertz CT molecular complexity index is 546. The SMILES string of the molecule is Cc1cc(C)cc(CNc2cc(Cl)ccc2Br)c1. The van der Waals surface area contributed by atoms with Gasteiger partial charge in [-0.05, 0) is 53.5 Å². The van der Waals surface area contributed by atoms with E-state index in [1.807, 2.05) is 18.2 Å². The van der Waals surface area contributed by atoms with Gasteiger partial charge in [0, 0.05) is 16.0 Å². The minimum Gasteiger partial charge on any atom is -0.380 e. The summed E-state index contributed by atoms with van der Waals surface area (Å²) < 4.78 is 1.02. The first kappa shape index (κ1) is 13.4. The first-order valence-electron chi connectivity index (χ1n) is 5.81. The Hall–Kier alpha value is -0.990. The molecular formula is C15H15BrClN. The van der Waals surface area contributed by atoms with Gasteiger partial charge in [0.15, 0.2) is 0 Å². The second-order valence-corrected chi connectivity index (χ2v) is 5.76. The summed E-state index contributed by atoms with van der Waals surface area (Å²) in [7, 11) is 0. The third-order valence-electron chi connectivity index (χ3n) is 2.69. The molecule has 0 bridgehead atoms. The minimum atomic E-state index is 0.737.